The first-order valence-electron chi connectivity index (χ1n) is 5.34. The Labute approximate surface area is 78.6 Å². The molecule has 3 saturated carbocycles. The molecular formula is C11H15NO. The largest absolute Gasteiger partial charge is 0.391 e. The van der Waals surface area contributed by atoms with E-state index in [1.165, 1.54) is 19.3 Å². The van der Waals surface area contributed by atoms with Crippen LogP contribution < -0.4 is 0 Å². The highest BCUT2D eigenvalue weighted by Crippen LogP contribution is 2.61. The summed E-state index contributed by atoms with van der Waals surface area (Å²) in [6.45, 7) is 0. The lowest BCUT2D eigenvalue weighted by Gasteiger charge is -2.41. The summed E-state index contributed by atoms with van der Waals surface area (Å²) >= 11 is 0. The fraction of sp³-hybridized carbons (Fsp3) is 0.909. The standard InChI is InChI=1S/C11H15NO/c12-6-11-5-8-1-7(4-10(11)13)2-9(11)3-8/h7-10,13H,1-5H2/t7-,8+,9-,10-,11-/m1/s1. The van der Waals surface area contributed by atoms with Gasteiger partial charge in [0, 0.05) is 0 Å². The predicted molar refractivity (Wildman–Crippen MR) is 47.6 cm³/mol. The Kier molecular flexibility index (Phi) is 1.37. The third-order valence-electron chi connectivity index (χ3n) is 4.62. The molecule has 0 saturated heterocycles. The minimum atomic E-state index is -0.336. The first kappa shape index (κ1) is 7.82. The highest BCUT2D eigenvalue weighted by Gasteiger charge is 2.59. The predicted octanol–water partition coefficient (Wildman–Crippen LogP) is 1.70. The van der Waals surface area contributed by atoms with Crippen molar-refractivity contribution in [2.45, 2.75) is 38.2 Å². The van der Waals surface area contributed by atoms with Gasteiger partial charge in [-0.25, -0.2) is 0 Å². The van der Waals surface area contributed by atoms with Crippen LogP contribution in [-0.4, -0.2) is 11.2 Å². The van der Waals surface area contributed by atoms with Gasteiger partial charge in [-0.3, -0.25) is 0 Å². The molecule has 3 rings (SSSR count). The monoisotopic (exact) mass is 177 g/mol. The van der Waals surface area contributed by atoms with Crippen LogP contribution in [0.25, 0.3) is 0 Å². The van der Waals surface area contributed by atoms with Crippen molar-refractivity contribution < 1.29 is 5.11 Å². The number of aliphatic hydroxyl groups is 1. The van der Waals surface area contributed by atoms with E-state index in [1.54, 1.807) is 0 Å². The van der Waals surface area contributed by atoms with Crippen LogP contribution in [0.3, 0.4) is 0 Å². The third kappa shape index (κ3) is 0.814. The topological polar surface area (TPSA) is 44.0 Å². The van der Waals surface area contributed by atoms with Crippen molar-refractivity contribution in [1.29, 1.82) is 5.26 Å². The van der Waals surface area contributed by atoms with E-state index in [4.69, 9.17) is 0 Å². The molecule has 0 heterocycles. The summed E-state index contributed by atoms with van der Waals surface area (Å²) < 4.78 is 0. The van der Waals surface area contributed by atoms with Gasteiger partial charge in [-0.1, -0.05) is 0 Å². The normalized spacial score (nSPS) is 57.8. The molecule has 0 radical (unpaired) electrons. The zero-order valence-corrected chi connectivity index (χ0v) is 7.74. The van der Waals surface area contributed by atoms with Gasteiger partial charge in [0.2, 0.25) is 0 Å². The molecule has 0 unspecified atom stereocenters. The molecule has 0 aromatic heterocycles. The minimum Gasteiger partial charge on any atom is -0.391 e. The van der Waals surface area contributed by atoms with E-state index in [9.17, 15) is 10.4 Å². The molecule has 1 N–H and O–H groups in total. The molecule has 70 valence electrons. The van der Waals surface area contributed by atoms with Crippen molar-refractivity contribution in [3.05, 3.63) is 0 Å². The van der Waals surface area contributed by atoms with Crippen molar-refractivity contribution in [2.75, 3.05) is 0 Å². The van der Waals surface area contributed by atoms with Gasteiger partial charge < -0.3 is 5.11 Å². The average Bonchev–Trinajstić information content (AvgIpc) is 2.32. The molecular weight excluding hydrogens is 162 g/mol. The maximum absolute atomic E-state index is 10.0. The molecule has 0 aromatic carbocycles. The fourth-order valence-corrected chi connectivity index (χ4v) is 4.13. The number of fused-ring (bicyclic) bond motifs is 2. The second-order valence-corrected chi connectivity index (χ2v) is 5.24. The van der Waals surface area contributed by atoms with Crippen molar-refractivity contribution in [3.63, 3.8) is 0 Å². The molecule has 2 nitrogen and oxygen atoms in total. The Morgan fingerprint density at radius 3 is 2.69 bits per heavy atom. The van der Waals surface area contributed by atoms with Gasteiger partial charge in [-0.05, 0) is 49.9 Å². The van der Waals surface area contributed by atoms with E-state index >= 15 is 0 Å². The summed E-state index contributed by atoms with van der Waals surface area (Å²) in [6.07, 6.45) is 5.24. The van der Waals surface area contributed by atoms with Crippen molar-refractivity contribution in [3.8, 4) is 6.07 Å². The Morgan fingerprint density at radius 2 is 1.92 bits per heavy atom. The van der Waals surface area contributed by atoms with E-state index in [-0.39, 0.29) is 11.5 Å². The van der Waals surface area contributed by atoms with Crippen LogP contribution >= 0.6 is 0 Å². The molecule has 0 amide bonds. The fourth-order valence-electron chi connectivity index (χ4n) is 4.13. The van der Waals surface area contributed by atoms with Gasteiger partial charge in [0.15, 0.2) is 0 Å². The Morgan fingerprint density at radius 1 is 1.15 bits per heavy atom. The van der Waals surface area contributed by atoms with E-state index in [0.29, 0.717) is 5.92 Å². The maximum atomic E-state index is 10.0. The first-order chi connectivity index (χ1) is 6.24. The molecule has 3 fully saturated rings. The number of hydrogen-bond acceptors (Lipinski definition) is 2. The number of aliphatic hydroxyl groups excluding tert-OH is 1. The zero-order chi connectivity index (χ0) is 9.05. The summed E-state index contributed by atoms with van der Waals surface area (Å²) in [6, 6.07) is 2.44. The number of rotatable bonds is 0. The number of hydrogen-bond donors (Lipinski definition) is 1. The second-order valence-electron chi connectivity index (χ2n) is 5.24. The molecule has 0 aliphatic heterocycles. The Balaban J connectivity index is 2.06. The number of nitriles is 1. The molecule has 13 heavy (non-hydrogen) atoms. The number of nitrogens with zero attached hydrogens (tertiary/aromatic N) is 1. The lowest BCUT2D eigenvalue weighted by Crippen LogP contribution is -2.43. The van der Waals surface area contributed by atoms with E-state index in [0.717, 1.165) is 24.7 Å². The highest BCUT2D eigenvalue weighted by molar-refractivity contribution is 5.17. The minimum absolute atomic E-state index is 0.325. The van der Waals surface area contributed by atoms with Crippen LogP contribution in [0.5, 0.6) is 0 Å². The van der Waals surface area contributed by atoms with Crippen molar-refractivity contribution in [2.24, 2.45) is 23.2 Å². The molecule has 2 heteroatoms. The Hall–Kier alpha value is -0.550. The van der Waals surface area contributed by atoms with Gasteiger partial charge in [-0.15, -0.1) is 0 Å². The second kappa shape index (κ2) is 2.27. The summed E-state index contributed by atoms with van der Waals surface area (Å²) in [5.41, 5.74) is -0.336. The van der Waals surface area contributed by atoms with E-state index in [2.05, 4.69) is 6.07 Å². The summed E-state index contributed by atoms with van der Waals surface area (Å²) in [7, 11) is 0. The lowest BCUT2D eigenvalue weighted by atomic mass is 9.63. The van der Waals surface area contributed by atoms with Gasteiger partial charge in [0.05, 0.1) is 17.6 Å². The SMILES string of the molecule is N#C[C@]12C[C@H]3C[C@H](C[C@@H]1C3)C[C@H]2O. The Bertz CT molecular complexity index is 280. The van der Waals surface area contributed by atoms with Crippen molar-refractivity contribution >= 4 is 0 Å². The van der Waals surface area contributed by atoms with Gasteiger partial charge in [0.25, 0.3) is 0 Å². The van der Waals surface area contributed by atoms with Gasteiger partial charge >= 0.3 is 0 Å². The zero-order valence-electron chi connectivity index (χ0n) is 7.74. The summed E-state index contributed by atoms with van der Waals surface area (Å²) in [5, 5.41) is 19.3. The molecule has 0 aromatic rings. The maximum Gasteiger partial charge on any atom is 0.0863 e. The van der Waals surface area contributed by atoms with Crippen LogP contribution in [0, 0.1) is 34.5 Å². The molecule has 3 aliphatic carbocycles. The smallest absolute Gasteiger partial charge is 0.0863 e. The van der Waals surface area contributed by atoms with Crippen LogP contribution in [-0.2, 0) is 0 Å². The van der Waals surface area contributed by atoms with Crippen molar-refractivity contribution in [1.82, 2.24) is 0 Å². The molecule has 5 atom stereocenters. The molecule has 0 spiro atoms. The van der Waals surface area contributed by atoms with Gasteiger partial charge in [0.1, 0.15) is 0 Å². The van der Waals surface area contributed by atoms with Crippen LogP contribution in [0.15, 0.2) is 0 Å². The van der Waals surface area contributed by atoms with E-state index < -0.39 is 0 Å². The summed E-state index contributed by atoms with van der Waals surface area (Å²) in [5.74, 6) is 1.99. The van der Waals surface area contributed by atoms with Crippen LogP contribution in [0.2, 0.25) is 0 Å². The molecule has 3 bridgehead atoms. The average molecular weight is 177 g/mol. The molecule has 3 aliphatic rings. The van der Waals surface area contributed by atoms with Crippen LogP contribution in [0.1, 0.15) is 32.1 Å². The van der Waals surface area contributed by atoms with Gasteiger partial charge in [-0.2, -0.15) is 5.26 Å². The first-order valence-corrected chi connectivity index (χ1v) is 5.34. The quantitative estimate of drug-likeness (QED) is 0.612. The van der Waals surface area contributed by atoms with E-state index in [1.807, 2.05) is 0 Å². The van der Waals surface area contributed by atoms with Crippen LogP contribution in [0.4, 0.5) is 0 Å². The highest BCUT2D eigenvalue weighted by atomic mass is 16.3. The summed E-state index contributed by atoms with van der Waals surface area (Å²) in [4.78, 5) is 0. The third-order valence-corrected chi connectivity index (χ3v) is 4.62. The lowest BCUT2D eigenvalue weighted by molar-refractivity contribution is -0.0198.